The third kappa shape index (κ3) is 2.75. The fraction of sp³-hybridized carbons (Fsp3) is 0.0323. The molecule has 5 aromatic rings. The normalized spacial score (nSPS) is 13.9. The Hall–Kier alpha value is -4.12. The Morgan fingerprint density at radius 1 is 0.514 bits per heavy atom. The number of ether oxygens (including phenoxy) is 1. The molecule has 0 fully saturated rings. The molecule has 0 aromatic heterocycles. The highest BCUT2D eigenvalue weighted by Gasteiger charge is 2.50. The molecule has 0 unspecified atom stereocenters. The van der Waals surface area contributed by atoms with E-state index in [0.29, 0.717) is 5.46 Å². The predicted octanol–water partition coefficient (Wildman–Crippen LogP) is 5.50. The summed E-state index contributed by atoms with van der Waals surface area (Å²) in [4.78, 5) is 0. The van der Waals surface area contributed by atoms with Crippen molar-refractivity contribution >= 4 is 12.6 Å². The van der Waals surface area contributed by atoms with Gasteiger partial charge in [-0.1, -0.05) is 97.1 Å². The van der Waals surface area contributed by atoms with Crippen LogP contribution in [-0.4, -0.2) is 17.2 Å². The molecule has 0 amide bonds. The van der Waals surface area contributed by atoms with E-state index in [2.05, 4.69) is 66.7 Å². The molecule has 2 N–H and O–H groups in total. The quantitative estimate of drug-likeness (QED) is 0.341. The van der Waals surface area contributed by atoms with Crippen LogP contribution in [0, 0.1) is 0 Å². The van der Waals surface area contributed by atoms with E-state index in [-0.39, 0.29) is 0 Å². The van der Waals surface area contributed by atoms with E-state index in [1.54, 1.807) is 6.07 Å². The molecule has 0 radical (unpaired) electrons. The van der Waals surface area contributed by atoms with Crippen molar-refractivity contribution in [3.63, 3.8) is 0 Å². The first-order valence-electron chi connectivity index (χ1n) is 11.8. The zero-order chi connectivity index (χ0) is 23.6. The van der Waals surface area contributed by atoms with E-state index < -0.39 is 12.5 Å². The zero-order valence-corrected chi connectivity index (χ0v) is 18.8. The first-order chi connectivity index (χ1) is 17.2. The Morgan fingerprint density at radius 3 is 1.83 bits per heavy atom. The minimum Gasteiger partial charge on any atom is -0.457 e. The zero-order valence-electron chi connectivity index (χ0n) is 18.8. The van der Waals surface area contributed by atoms with Gasteiger partial charge in [-0.15, -0.1) is 0 Å². The van der Waals surface area contributed by atoms with Gasteiger partial charge in [-0.05, 0) is 57.0 Å². The van der Waals surface area contributed by atoms with Crippen LogP contribution in [0.2, 0.25) is 0 Å². The number of fused-ring (bicyclic) bond motifs is 9. The van der Waals surface area contributed by atoms with Crippen LogP contribution in [0.3, 0.4) is 0 Å². The summed E-state index contributed by atoms with van der Waals surface area (Å²) in [6, 6.07) is 39.3. The molecule has 7 rings (SSSR count). The van der Waals surface area contributed by atoms with Gasteiger partial charge in [0.2, 0.25) is 0 Å². The van der Waals surface area contributed by atoms with Gasteiger partial charge in [0.15, 0.2) is 0 Å². The molecule has 5 aromatic carbocycles. The van der Waals surface area contributed by atoms with Crippen molar-refractivity contribution in [3.8, 4) is 33.8 Å². The molecular formula is C31H21BO3. The number of benzene rings is 5. The molecule has 4 heteroatoms. The lowest BCUT2D eigenvalue weighted by molar-refractivity contribution is 0.426. The molecule has 0 saturated heterocycles. The summed E-state index contributed by atoms with van der Waals surface area (Å²) in [5.74, 6) is 1.70. The van der Waals surface area contributed by atoms with Crippen LogP contribution in [0.4, 0.5) is 0 Å². The van der Waals surface area contributed by atoms with Gasteiger partial charge in [-0.3, -0.25) is 0 Å². The lowest BCUT2D eigenvalue weighted by atomic mass is 9.65. The summed E-state index contributed by atoms with van der Waals surface area (Å²) >= 11 is 0. The molecular weight excluding hydrogens is 431 g/mol. The molecule has 0 saturated carbocycles. The second-order valence-electron chi connectivity index (χ2n) is 9.15. The summed E-state index contributed by atoms with van der Waals surface area (Å²) in [5, 5.41) is 19.4. The minimum atomic E-state index is -1.51. The third-order valence-electron chi connectivity index (χ3n) is 7.36. The summed E-state index contributed by atoms with van der Waals surface area (Å²) < 4.78 is 6.47. The Kier molecular flexibility index (Phi) is 4.31. The van der Waals surface area contributed by atoms with Crippen molar-refractivity contribution in [3.05, 3.63) is 138 Å². The smallest absolute Gasteiger partial charge is 0.457 e. The maximum absolute atomic E-state index is 9.72. The van der Waals surface area contributed by atoms with E-state index in [1.807, 2.05) is 42.5 Å². The van der Waals surface area contributed by atoms with Crippen LogP contribution >= 0.6 is 0 Å². The molecule has 0 atom stereocenters. The predicted molar refractivity (Wildman–Crippen MR) is 139 cm³/mol. The highest BCUT2D eigenvalue weighted by Crippen LogP contribution is 2.62. The summed E-state index contributed by atoms with van der Waals surface area (Å²) in [6.07, 6.45) is 0. The van der Waals surface area contributed by atoms with Gasteiger partial charge in [-0.2, -0.15) is 0 Å². The Balaban J connectivity index is 1.57. The molecule has 1 aliphatic carbocycles. The van der Waals surface area contributed by atoms with Gasteiger partial charge in [0.25, 0.3) is 0 Å². The highest BCUT2D eigenvalue weighted by atomic mass is 16.5. The molecule has 2 aliphatic rings. The van der Waals surface area contributed by atoms with E-state index >= 15 is 0 Å². The average molecular weight is 452 g/mol. The highest BCUT2D eigenvalue weighted by molar-refractivity contribution is 6.58. The minimum absolute atomic E-state index is 0.466. The van der Waals surface area contributed by atoms with Crippen LogP contribution in [0.5, 0.6) is 11.5 Å². The van der Waals surface area contributed by atoms with E-state index in [0.717, 1.165) is 33.8 Å². The molecule has 1 spiro atoms. The molecule has 166 valence electrons. The van der Waals surface area contributed by atoms with E-state index in [1.165, 1.54) is 22.3 Å². The Labute approximate surface area is 204 Å². The van der Waals surface area contributed by atoms with Crippen LogP contribution in [0.25, 0.3) is 22.3 Å². The first-order valence-corrected chi connectivity index (χ1v) is 11.8. The second kappa shape index (κ2) is 7.44. The summed E-state index contributed by atoms with van der Waals surface area (Å²) in [7, 11) is -1.51. The van der Waals surface area contributed by atoms with Gasteiger partial charge < -0.3 is 14.8 Å². The monoisotopic (exact) mass is 452 g/mol. The molecule has 0 bridgehead atoms. The van der Waals surface area contributed by atoms with Crippen LogP contribution in [0.1, 0.15) is 22.3 Å². The van der Waals surface area contributed by atoms with Crippen molar-refractivity contribution in [2.24, 2.45) is 0 Å². The largest absolute Gasteiger partial charge is 0.488 e. The van der Waals surface area contributed by atoms with Crippen molar-refractivity contribution in [2.45, 2.75) is 5.41 Å². The van der Waals surface area contributed by atoms with Gasteiger partial charge in [0, 0.05) is 11.1 Å². The average Bonchev–Trinajstić information content (AvgIpc) is 3.20. The van der Waals surface area contributed by atoms with Crippen LogP contribution in [-0.2, 0) is 5.41 Å². The third-order valence-corrected chi connectivity index (χ3v) is 7.36. The van der Waals surface area contributed by atoms with Crippen LogP contribution in [0.15, 0.2) is 115 Å². The fourth-order valence-electron chi connectivity index (χ4n) is 5.91. The van der Waals surface area contributed by atoms with E-state index in [4.69, 9.17) is 4.74 Å². The molecule has 35 heavy (non-hydrogen) atoms. The first kappa shape index (κ1) is 20.3. The Bertz CT molecular complexity index is 1580. The van der Waals surface area contributed by atoms with E-state index in [9.17, 15) is 10.0 Å². The molecule has 1 aliphatic heterocycles. The van der Waals surface area contributed by atoms with Gasteiger partial charge in [-0.25, -0.2) is 0 Å². The SMILES string of the molecule is OB(O)c1cccc(-c2ccc3c(c2)C2(c4ccccc4O3)c3ccccc3-c3ccccc32)c1. The van der Waals surface area contributed by atoms with Crippen molar-refractivity contribution in [1.29, 1.82) is 0 Å². The number of para-hydroxylation sites is 1. The lowest BCUT2D eigenvalue weighted by Crippen LogP contribution is -2.32. The van der Waals surface area contributed by atoms with Crippen molar-refractivity contribution < 1.29 is 14.8 Å². The number of hydrogen-bond donors (Lipinski definition) is 2. The number of hydrogen-bond acceptors (Lipinski definition) is 3. The second-order valence-corrected chi connectivity index (χ2v) is 9.15. The number of rotatable bonds is 2. The summed E-state index contributed by atoms with van der Waals surface area (Å²) in [5.41, 5.74) is 9.05. The fourth-order valence-corrected chi connectivity index (χ4v) is 5.91. The molecule has 3 nitrogen and oxygen atoms in total. The maximum Gasteiger partial charge on any atom is 0.488 e. The van der Waals surface area contributed by atoms with Gasteiger partial charge in [0.1, 0.15) is 11.5 Å². The topological polar surface area (TPSA) is 49.7 Å². The van der Waals surface area contributed by atoms with Crippen molar-refractivity contribution in [1.82, 2.24) is 0 Å². The summed E-state index contributed by atoms with van der Waals surface area (Å²) in [6.45, 7) is 0. The van der Waals surface area contributed by atoms with Crippen molar-refractivity contribution in [2.75, 3.05) is 0 Å². The van der Waals surface area contributed by atoms with Crippen LogP contribution < -0.4 is 10.2 Å². The molecule has 1 heterocycles. The standard InChI is InChI=1S/C31H21BO3/c33-32(34)22-9-7-8-20(18-22)21-16-17-30-28(19-21)31(27-14-5-6-15-29(27)35-30)25-12-3-1-10-23(25)24-11-2-4-13-26(24)31/h1-19,33-34H. The Morgan fingerprint density at radius 2 is 1.11 bits per heavy atom. The van der Waals surface area contributed by atoms with Gasteiger partial charge in [0.05, 0.1) is 5.41 Å². The van der Waals surface area contributed by atoms with Gasteiger partial charge >= 0.3 is 7.12 Å². The lowest BCUT2D eigenvalue weighted by Gasteiger charge is -2.39. The maximum atomic E-state index is 9.72.